The second-order valence-corrected chi connectivity index (χ2v) is 13.5. The molecule has 0 aliphatic carbocycles. The van der Waals surface area contributed by atoms with Gasteiger partial charge in [-0.3, -0.25) is 9.59 Å². The molecule has 0 bridgehead atoms. The third-order valence-corrected chi connectivity index (χ3v) is 8.15. The van der Waals surface area contributed by atoms with Gasteiger partial charge in [-0.05, 0) is 38.5 Å². The lowest BCUT2D eigenvalue weighted by atomic mass is 10.1. The third-order valence-electron chi connectivity index (χ3n) is 8.15. The molecule has 45 heavy (non-hydrogen) atoms. The topological polar surface area (TPSA) is 102 Å². The van der Waals surface area contributed by atoms with Crippen molar-refractivity contribution in [2.45, 2.75) is 167 Å². The number of quaternary nitrogens is 1. The highest BCUT2D eigenvalue weighted by atomic mass is 16.6. The van der Waals surface area contributed by atoms with Gasteiger partial charge >= 0.3 is 11.9 Å². The number of nitrogens with zero attached hydrogens (tertiary/aromatic N) is 1. The van der Waals surface area contributed by atoms with Gasteiger partial charge in [0.25, 0.3) is 0 Å². The molecule has 0 aliphatic heterocycles. The number of allylic oxidation sites excluding steroid dienone is 2. The highest BCUT2D eigenvalue weighted by molar-refractivity contribution is 5.70. The Morgan fingerprint density at radius 2 is 1.11 bits per heavy atom. The molecule has 0 aromatic carbocycles. The van der Waals surface area contributed by atoms with Gasteiger partial charge in [0.05, 0.1) is 40.3 Å². The van der Waals surface area contributed by atoms with Crippen molar-refractivity contribution in [2.75, 3.05) is 41.0 Å². The van der Waals surface area contributed by atoms with Crippen molar-refractivity contribution < 1.29 is 38.2 Å². The second kappa shape index (κ2) is 29.5. The maximum Gasteiger partial charge on any atom is 0.306 e. The highest BCUT2D eigenvalue weighted by Gasteiger charge is 2.25. The van der Waals surface area contributed by atoms with Crippen molar-refractivity contribution in [3.05, 3.63) is 12.2 Å². The molecule has 8 heteroatoms. The lowest BCUT2D eigenvalue weighted by molar-refractivity contribution is -0.889. The summed E-state index contributed by atoms with van der Waals surface area (Å²) < 4.78 is 17.0. The number of rotatable bonds is 32. The van der Waals surface area contributed by atoms with E-state index in [9.17, 15) is 19.5 Å². The van der Waals surface area contributed by atoms with Crippen LogP contribution in [-0.2, 0) is 28.6 Å². The molecule has 0 aliphatic rings. The molecule has 0 heterocycles. The van der Waals surface area contributed by atoms with Crippen LogP contribution in [0.1, 0.15) is 155 Å². The summed E-state index contributed by atoms with van der Waals surface area (Å²) in [6, 6.07) is -0.720. The van der Waals surface area contributed by atoms with Gasteiger partial charge in [-0.1, -0.05) is 109 Å². The van der Waals surface area contributed by atoms with Gasteiger partial charge in [-0.15, -0.1) is 0 Å². The molecule has 0 amide bonds. The zero-order valence-corrected chi connectivity index (χ0v) is 29.8. The first-order chi connectivity index (χ1) is 21.6. The molecule has 0 rings (SSSR count). The predicted molar refractivity (Wildman–Crippen MR) is 181 cm³/mol. The summed E-state index contributed by atoms with van der Waals surface area (Å²) in [5.74, 6) is -1.75. The van der Waals surface area contributed by atoms with Crippen molar-refractivity contribution in [3.63, 3.8) is 0 Å². The molecule has 264 valence electrons. The monoisotopic (exact) mass is 640 g/mol. The number of hydrogen-bond acceptors (Lipinski definition) is 7. The quantitative estimate of drug-likeness (QED) is 0.0326. The van der Waals surface area contributed by atoms with Gasteiger partial charge < -0.3 is 28.6 Å². The summed E-state index contributed by atoms with van der Waals surface area (Å²) in [4.78, 5) is 36.4. The van der Waals surface area contributed by atoms with Crippen LogP contribution in [0.5, 0.6) is 0 Å². The summed E-state index contributed by atoms with van der Waals surface area (Å²) in [5, 5.41) is 11.5. The van der Waals surface area contributed by atoms with Crippen molar-refractivity contribution in [1.82, 2.24) is 0 Å². The molecule has 0 spiro atoms. The lowest BCUT2D eigenvalue weighted by Crippen LogP contribution is -2.55. The van der Waals surface area contributed by atoms with E-state index in [4.69, 9.17) is 14.2 Å². The van der Waals surface area contributed by atoms with Crippen molar-refractivity contribution in [1.29, 1.82) is 0 Å². The first-order valence-electron chi connectivity index (χ1n) is 18.2. The highest BCUT2D eigenvalue weighted by Crippen LogP contribution is 2.13. The molecule has 0 radical (unpaired) electrons. The summed E-state index contributed by atoms with van der Waals surface area (Å²) in [6.07, 6.45) is 26.8. The Labute approximate surface area is 276 Å². The standard InChI is InChI=1S/C37H69NO7/c1-6-8-10-12-14-15-16-17-18-19-20-21-22-24-26-28-36(40)45-33(31-43-30-29-34(37(41)42)38(3,4)5)32-44-35(39)27-25-23-13-11-9-7-2/h17-18,33-34H,6-16,19-32H2,1-5H3/b18-17-. The predicted octanol–water partition coefficient (Wildman–Crippen LogP) is 7.46. The average molecular weight is 640 g/mol. The van der Waals surface area contributed by atoms with Crippen LogP contribution in [0.2, 0.25) is 0 Å². The fourth-order valence-corrected chi connectivity index (χ4v) is 5.24. The number of hydrogen-bond donors (Lipinski definition) is 0. The maximum absolute atomic E-state index is 12.6. The summed E-state index contributed by atoms with van der Waals surface area (Å²) >= 11 is 0. The Balaban J connectivity index is 4.37. The van der Waals surface area contributed by atoms with Crippen molar-refractivity contribution >= 4 is 17.9 Å². The van der Waals surface area contributed by atoms with E-state index < -0.39 is 18.1 Å². The Morgan fingerprint density at radius 3 is 1.60 bits per heavy atom. The first kappa shape index (κ1) is 43.1. The second-order valence-electron chi connectivity index (χ2n) is 13.5. The normalized spacial score (nSPS) is 13.2. The number of likely N-dealkylation sites (N-methyl/N-ethyl adjacent to an activating group) is 1. The Hall–Kier alpha value is -1.93. The Bertz CT molecular complexity index is 762. The minimum absolute atomic E-state index is 0.0410. The number of carbonyl (C=O) groups excluding carboxylic acids is 3. The van der Waals surface area contributed by atoms with Crippen LogP contribution >= 0.6 is 0 Å². The molecular weight excluding hydrogens is 570 g/mol. The Kier molecular flexibility index (Phi) is 28.2. The van der Waals surface area contributed by atoms with Gasteiger partial charge in [0, 0.05) is 19.3 Å². The number of ether oxygens (including phenoxy) is 3. The van der Waals surface area contributed by atoms with Crippen LogP contribution < -0.4 is 5.11 Å². The number of aliphatic carboxylic acids is 1. The molecule has 0 fully saturated rings. The van der Waals surface area contributed by atoms with E-state index in [-0.39, 0.29) is 42.7 Å². The summed E-state index contributed by atoms with van der Waals surface area (Å²) in [6.45, 7) is 4.57. The molecule has 0 aromatic heterocycles. The minimum Gasteiger partial charge on any atom is -0.544 e. The van der Waals surface area contributed by atoms with Crippen LogP contribution in [0.4, 0.5) is 0 Å². The van der Waals surface area contributed by atoms with E-state index in [1.54, 1.807) is 21.1 Å². The zero-order valence-electron chi connectivity index (χ0n) is 29.8. The number of carbonyl (C=O) groups is 3. The molecular formula is C37H69NO7. The summed E-state index contributed by atoms with van der Waals surface area (Å²) in [5.41, 5.74) is 0. The van der Waals surface area contributed by atoms with Gasteiger partial charge in [0.15, 0.2) is 6.10 Å². The molecule has 2 unspecified atom stereocenters. The first-order valence-corrected chi connectivity index (χ1v) is 18.2. The van der Waals surface area contributed by atoms with Gasteiger partial charge in [0.1, 0.15) is 12.6 Å². The lowest BCUT2D eigenvalue weighted by Gasteiger charge is -2.34. The van der Waals surface area contributed by atoms with E-state index in [1.807, 2.05) is 0 Å². The van der Waals surface area contributed by atoms with Crippen LogP contribution in [0.15, 0.2) is 12.2 Å². The summed E-state index contributed by atoms with van der Waals surface area (Å²) in [7, 11) is 5.39. The van der Waals surface area contributed by atoms with Crippen molar-refractivity contribution in [2.24, 2.45) is 0 Å². The van der Waals surface area contributed by atoms with Gasteiger partial charge in [-0.25, -0.2) is 0 Å². The van der Waals surface area contributed by atoms with Crippen LogP contribution in [-0.4, -0.2) is 75.5 Å². The molecule has 8 nitrogen and oxygen atoms in total. The smallest absolute Gasteiger partial charge is 0.306 e. The van der Waals surface area contributed by atoms with E-state index >= 15 is 0 Å². The number of unbranched alkanes of at least 4 members (excludes halogenated alkanes) is 16. The SMILES string of the molecule is CCCCCCCC/C=C\CCCCCCCC(=O)OC(COCCC(C(=O)[O-])[N+](C)(C)C)COC(=O)CCCCCCCC. The largest absolute Gasteiger partial charge is 0.544 e. The Morgan fingerprint density at radius 1 is 0.644 bits per heavy atom. The molecule has 0 saturated heterocycles. The van der Waals surface area contributed by atoms with Crippen LogP contribution in [0.25, 0.3) is 0 Å². The van der Waals surface area contributed by atoms with E-state index in [1.165, 1.54) is 70.6 Å². The van der Waals surface area contributed by atoms with E-state index in [0.717, 1.165) is 51.4 Å². The average Bonchev–Trinajstić information content (AvgIpc) is 2.98. The van der Waals surface area contributed by atoms with Crippen LogP contribution in [0.3, 0.4) is 0 Å². The minimum atomic E-state index is -1.13. The zero-order chi connectivity index (χ0) is 33.6. The van der Waals surface area contributed by atoms with E-state index in [2.05, 4.69) is 26.0 Å². The molecule has 2 atom stereocenters. The fraction of sp³-hybridized carbons (Fsp3) is 0.865. The number of carboxylic acids is 1. The third kappa shape index (κ3) is 28.1. The number of carboxylic acid groups (broad SMARTS) is 1. The van der Waals surface area contributed by atoms with Gasteiger partial charge in [0.2, 0.25) is 0 Å². The fourth-order valence-electron chi connectivity index (χ4n) is 5.24. The van der Waals surface area contributed by atoms with Crippen LogP contribution in [0, 0.1) is 0 Å². The molecule has 0 N–H and O–H groups in total. The van der Waals surface area contributed by atoms with Crippen molar-refractivity contribution in [3.8, 4) is 0 Å². The number of esters is 2. The molecule has 0 aromatic rings. The maximum atomic E-state index is 12.6. The van der Waals surface area contributed by atoms with Gasteiger partial charge in [-0.2, -0.15) is 0 Å². The molecule has 0 saturated carbocycles. The van der Waals surface area contributed by atoms with E-state index in [0.29, 0.717) is 12.8 Å².